The van der Waals surface area contributed by atoms with Crippen molar-refractivity contribution < 1.29 is 38.1 Å². The van der Waals surface area contributed by atoms with Crippen LogP contribution in [0.1, 0.15) is 80.7 Å². The van der Waals surface area contributed by atoms with Crippen molar-refractivity contribution in [3.63, 3.8) is 0 Å². The molecule has 0 bridgehead atoms. The first-order valence-corrected chi connectivity index (χ1v) is 12.0. The number of hydrogen-bond donors (Lipinski definition) is 1. The summed E-state index contributed by atoms with van der Waals surface area (Å²) in [6.45, 7) is 15.1. The Labute approximate surface area is 214 Å². The summed E-state index contributed by atoms with van der Waals surface area (Å²) in [5.74, 6) is -3.08. The van der Waals surface area contributed by atoms with E-state index in [1.54, 1.807) is 62.3 Å². The molecule has 1 rings (SSSR count). The van der Waals surface area contributed by atoms with Gasteiger partial charge in [0.15, 0.2) is 0 Å². The van der Waals surface area contributed by atoms with E-state index < -0.39 is 52.8 Å². The van der Waals surface area contributed by atoms with Crippen molar-refractivity contribution in [1.29, 1.82) is 0 Å². The van der Waals surface area contributed by atoms with Gasteiger partial charge in [-0.15, -0.1) is 0 Å². The zero-order valence-corrected chi connectivity index (χ0v) is 22.9. The van der Waals surface area contributed by atoms with Gasteiger partial charge in [-0.3, -0.25) is 14.9 Å². The molecular formula is C27H41NO8. The van der Waals surface area contributed by atoms with Gasteiger partial charge in [-0.1, -0.05) is 30.3 Å². The van der Waals surface area contributed by atoms with Crippen molar-refractivity contribution in [3.8, 4) is 0 Å². The highest BCUT2D eigenvalue weighted by atomic mass is 16.6. The summed E-state index contributed by atoms with van der Waals surface area (Å²) in [6.07, 6.45) is -0.232. The number of benzene rings is 1. The van der Waals surface area contributed by atoms with Gasteiger partial charge < -0.3 is 18.9 Å². The Balaban J connectivity index is 3.06. The van der Waals surface area contributed by atoms with Crippen LogP contribution in [0.5, 0.6) is 0 Å². The molecule has 0 saturated carbocycles. The molecule has 0 amide bonds. The van der Waals surface area contributed by atoms with E-state index in [1.165, 1.54) is 0 Å². The summed E-state index contributed by atoms with van der Waals surface area (Å²) in [4.78, 5) is 51.1. The highest BCUT2D eigenvalue weighted by Crippen LogP contribution is 2.16. The molecule has 0 aliphatic carbocycles. The molecule has 9 heteroatoms. The summed E-state index contributed by atoms with van der Waals surface area (Å²) >= 11 is 0. The highest BCUT2D eigenvalue weighted by molar-refractivity contribution is 6.00. The maximum Gasteiger partial charge on any atom is 0.335 e. The maximum atomic E-state index is 13.0. The van der Waals surface area contributed by atoms with Crippen LogP contribution in [0.2, 0.25) is 0 Å². The fraction of sp³-hybridized carbons (Fsp3) is 0.630. The molecule has 0 fully saturated rings. The van der Waals surface area contributed by atoms with Gasteiger partial charge >= 0.3 is 23.9 Å². The first-order valence-electron chi connectivity index (χ1n) is 12.0. The van der Waals surface area contributed by atoms with Crippen LogP contribution in [0, 0.1) is 0 Å². The molecule has 0 heterocycles. The van der Waals surface area contributed by atoms with Crippen molar-refractivity contribution in [2.45, 2.75) is 111 Å². The van der Waals surface area contributed by atoms with Crippen LogP contribution in [0.25, 0.3) is 0 Å². The van der Waals surface area contributed by atoms with Gasteiger partial charge in [-0.05, 0) is 74.3 Å². The Morgan fingerprint density at radius 1 is 0.722 bits per heavy atom. The molecule has 1 aromatic rings. The van der Waals surface area contributed by atoms with Gasteiger partial charge in [0.25, 0.3) is 0 Å². The molecule has 0 spiro atoms. The number of esters is 4. The second-order valence-electron chi connectivity index (χ2n) is 11.4. The SMILES string of the molecule is CC(C)(C)OC(=O)C(CCC(=O)OCc1ccccc1)NC(C(=O)OC(C)(C)C)C(=O)OC(C)(C)C. The summed E-state index contributed by atoms with van der Waals surface area (Å²) in [7, 11) is 0. The van der Waals surface area contributed by atoms with Crippen LogP contribution in [-0.2, 0) is 44.7 Å². The Hall–Kier alpha value is -2.94. The third-order valence-electron chi connectivity index (χ3n) is 4.22. The van der Waals surface area contributed by atoms with E-state index >= 15 is 0 Å². The van der Waals surface area contributed by atoms with Crippen LogP contribution in [0.15, 0.2) is 30.3 Å². The molecule has 1 N–H and O–H groups in total. The van der Waals surface area contributed by atoms with E-state index in [0.717, 1.165) is 5.56 Å². The normalized spacial score (nSPS) is 13.1. The zero-order valence-electron chi connectivity index (χ0n) is 22.9. The topological polar surface area (TPSA) is 117 Å². The highest BCUT2D eigenvalue weighted by Gasteiger charge is 2.39. The lowest BCUT2D eigenvalue weighted by Crippen LogP contribution is -2.55. The van der Waals surface area contributed by atoms with E-state index in [9.17, 15) is 19.2 Å². The first kappa shape index (κ1) is 31.1. The quantitative estimate of drug-likeness (QED) is 0.286. The van der Waals surface area contributed by atoms with Crippen molar-refractivity contribution in [1.82, 2.24) is 5.32 Å². The van der Waals surface area contributed by atoms with Crippen molar-refractivity contribution in [3.05, 3.63) is 35.9 Å². The summed E-state index contributed by atoms with van der Waals surface area (Å²) in [5, 5.41) is 2.72. The summed E-state index contributed by atoms with van der Waals surface area (Å²) in [5.41, 5.74) is -1.79. The lowest BCUT2D eigenvalue weighted by Gasteiger charge is -2.30. The minimum absolute atomic E-state index is 0.0787. The van der Waals surface area contributed by atoms with Gasteiger partial charge in [-0.2, -0.15) is 0 Å². The molecule has 0 radical (unpaired) electrons. The second-order valence-corrected chi connectivity index (χ2v) is 11.4. The van der Waals surface area contributed by atoms with E-state index in [-0.39, 0.29) is 19.4 Å². The molecule has 36 heavy (non-hydrogen) atoms. The largest absolute Gasteiger partial charge is 0.461 e. The Morgan fingerprint density at radius 3 is 1.61 bits per heavy atom. The van der Waals surface area contributed by atoms with Crippen molar-refractivity contribution >= 4 is 23.9 Å². The predicted molar refractivity (Wildman–Crippen MR) is 134 cm³/mol. The second kappa shape index (κ2) is 12.9. The van der Waals surface area contributed by atoms with Crippen LogP contribution in [0.3, 0.4) is 0 Å². The Kier molecular flexibility index (Phi) is 11.1. The average Bonchev–Trinajstić information content (AvgIpc) is 2.68. The van der Waals surface area contributed by atoms with E-state index in [0.29, 0.717) is 0 Å². The number of rotatable bonds is 10. The maximum absolute atomic E-state index is 13.0. The van der Waals surface area contributed by atoms with E-state index in [4.69, 9.17) is 18.9 Å². The van der Waals surface area contributed by atoms with E-state index in [2.05, 4.69) is 5.32 Å². The fourth-order valence-corrected chi connectivity index (χ4v) is 2.87. The molecule has 0 aliphatic rings. The molecule has 0 aromatic heterocycles. The Morgan fingerprint density at radius 2 is 1.17 bits per heavy atom. The lowest BCUT2D eigenvalue weighted by atomic mass is 10.1. The molecule has 1 unspecified atom stereocenters. The summed E-state index contributed by atoms with van der Waals surface area (Å²) in [6, 6.07) is 6.38. The number of carbonyl (C=O) groups excluding carboxylic acids is 4. The van der Waals surface area contributed by atoms with Crippen LogP contribution >= 0.6 is 0 Å². The fourth-order valence-electron chi connectivity index (χ4n) is 2.87. The molecule has 0 saturated heterocycles. The standard InChI is InChI=1S/C27H41NO8/c1-25(2,3)34-22(30)19(15-16-20(29)33-17-18-13-11-10-12-14-18)28-21(23(31)35-26(4,5)6)24(32)36-27(7,8)9/h10-14,19,21,28H,15-17H2,1-9H3. The first-order chi connectivity index (χ1) is 16.4. The van der Waals surface area contributed by atoms with Gasteiger partial charge in [0.2, 0.25) is 6.04 Å². The van der Waals surface area contributed by atoms with Gasteiger partial charge in [-0.25, -0.2) is 9.59 Å². The molecule has 202 valence electrons. The van der Waals surface area contributed by atoms with Gasteiger partial charge in [0, 0.05) is 6.42 Å². The van der Waals surface area contributed by atoms with Crippen molar-refractivity contribution in [2.24, 2.45) is 0 Å². The number of ether oxygens (including phenoxy) is 4. The van der Waals surface area contributed by atoms with Crippen LogP contribution in [0.4, 0.5) is 0 Å². The van der Waals surface area contributed by atoms with Gasteiger partial charge in [0.1, 0.15) is 29.5 Å². The summed E-state index contributed by atoms with van der Waals surface area (Å²) < 4.78 is 21.5. The molecule has 1 aromatic carbocycles. The third-order valence-corrected chi connectivity index (χ3v) is 4.22. The monoisotopic (exact) mass is 507 g/mol. The molecule has 1 atom stereocenters. The molecule has 9 nitrogen and oxygen atoms in total. The van der Waals surface area contributed by atoms with Crippen LogP contribution in [-0.4, -0.2) is 52.8 Å². The van der Waals surface area contributed by atoms with Gasteiger partial charge in [0.05, 0.1) is 0 Å². The Bertz CT molecular complexity index is 863. The molecule has 0 aliphatic heterocycles. The lowest BCUT2D eigenvalue weighted by molar-refractivity contribution is -0.171. The molecular weight excluding hydrogens is 466 g/mol. The van der Waals surface area contributed by atoms with E-state index in [1.807, 2.05) is 30.3 Å². The minimum atomic E-state index is -1.61. The third kappa shape index (κ3) is 13.2. The zero-order chi connectivity index (χ0) is 27.7. The minimum Gasteiger partial charge on any atom is -0.461 e. The predicted octanol–water partition coefficient (Wildman–Crippen LogP) is 3.86. The van der Waals surface area contributed by atoms with Crippen LogP contribution < -0.4 is 5.32 Å². The average molecular weight is 508 g/mol. The number of carbonyl (C=O) groups is 4. The number of nitrogens with one attached hydrogen (secondary N) is 1. The smallest absolute Gasteiger partial charge is 0.335 e. The van der Waals surface area contributed by atoms with Crippen molar-refractivity contribution in [2.75, 3.05) is 0 Å². The number of hydrogen-bond acceptors (Lipinski definition) is 9.